The summed E-state index contributed by atoms with van der Waals surface area (Å²) < 4.78 is 2.37. The van der Waals surface area contributed by atoms with E-state index in [-0.39, 0.29) is 0 Å². The predicted octanol–water partition coefficient (Wildman–Crippen LogP) is 15.0. The predicted molar refractivity (Wildman–Crippen MR) is 239 cm³/mol. The third-order valence-corrected chi connectivity index (χ3v) is 11.4. The minimum absolute atomic E-state index is 1.10. The van der Waals surface area contributed by atoms with E-state index in [1.54, 1.807) is 0 Å². The Morgan fingerprint density at radius 3 is 1.50 bits per heavy atom. The van der Waals surface area contributed by atoms with Gasteiger partial charge in [0.2, 0.25) is 0 Å². The molecule has 11 aromatic rings. The second kappa shape index (κ2) is 13.2. The fourth-order valence-electron chi connectivity index (χ4n) is 8.64. The van der Waals surface area contributed by atoms with Crippen LogP contribution in [0.5, 0.6) is 0 Å². The lowest BCUT2D eigenvalue weighted by atomic mass is 9.94. The molecule has 0 unspecified atom stereocenters. The van der Waals surface area contributed by atoms with E-state index in [0.717, 1.165) is 22.7 Å². The van der Waals surface area contributed by atoms with Crippen molar-refractivity contribution in [1.82, 2.24) is 4.57 Å². The number of hydrogen-bond acceptors (Lipinski definition) is 1. The van der Waals surface area contributed by atoms with Crippen LogP contribution in [0.15, 0.2) is 218 Å². The number of benzene rings is 10. The molecule has 0 fully saturated rings. The summed E-state index contributed by atoms with van der Waals surface area (Å²) in [6.07, 6.45) is 0. The van der Waals surface area contributed by atoms with E-state index in [4.69, 9.17) is 0 Å². The van der Waals surface area contributed by atoms with E-state index in [0.29, 0.717) is 0 Å². The van der Waals surface area contributed by atoms with Gasteiger partial charge in [-0.15, -0.1) is 0 Å². The van der Waals surface area contributed by atoms with Gasteiger partial charge in [0.1, 0.15) is 0 Å². The van der Waals surface area contributed by atoms with Crippen LogP contribution in [0, 0.1) is 0 Å². The van der Waals surface area contributed by atoms with Gasteiger partial charge in [0.25, 0.3) is 0 Å². The average Bonchev–Trinajstić information content (AvgIpc) is 3.61. The van der Waals surface area contributed by atoms with Gasteiger partial charge < -0.3 is 9.47 Å². The van der Waals surface area contributed by atoms with Crippen LogP contribution in [0.3, 0.4) is 0 Å². The van der Waals surface area contributed by atoms with Gasteiger partial charge >= 0.3 is 0 Å². The third kappa shape index (κ3) is 5.34. The quantitative estimate of drug-likeness (QED) is 0.156. The number of fused-ring (bicyclic) bond motifs is 8. The van der Waals surface area contributed by atoms with Crippen LogP contribution in [-0.4, -0.2) is 4.57 Å². The highest BCUT2D eigenvalue weighted by Gasteiger charge is 2.18. The SMILES string of the molecule is c1ccc(-c2ccc(N(c3ccc(-c4ccc5ccc6c7ccccc7ccc6c5c4)cc3)c3ccc4c(c3)c3ccccc3n4-c3ccccc3)cc2)cc1. The van der Waals surface area contributed by atoms with E-state index >= 15 is 0 Å². The Morgan fingerprint density at radius 1 is 0.268 bits per heavy atom. The summed E-state index contributed by atoms with van der Waals surface area (Å²) in [6.45, 7) is 0. The Hall–Kier alpha value is -7.42. The molecule has 56 heavy (non-hydrogen) atoms. The maximum atomic E-state index is 2.38. The Balaban J connectivity index is 1.04. The molecule has 0 atom stereocenters. The van der Waals surface area contributed by atoms with Crippen LogP contribution in [0.2, 0.25) is 0 Å². The molecule has 2 nitrogen and oxygen atoms in total. The maximum Gasteiger partial charge on any atom is 0.0542 e. The van der Waals surface area contributed by atoms with Crippen LogP contribution in [0.25, 0.3) is 82.1 Å². The first-order chi connectivity index (χ1) is 27.8. The molecule has 0 N–H and O–H groups in total. The zero-order valence-corrected chi connectivity index (χ0v) is 30.7. The fraction of sp³-hybridized carbons (Fsp3) is 0. The molecule has 10 aromatic carbocycles. The molecule has 0 amide bonds. The first-order valence-electron chi connectivity index (χ1n) is 19.3. The summed E-state index contributed by atoms with van der Waals surface area (Å²) in [5, 5.41) is 10.1. The van der Waals surface area contributed by atoms with Gasteiger partial charge in [-0.2, -0.15) is 0 Å². The van der Waals surface area contributed by atoms with Crippen molar-refractivity contribution < 1.29 is 0 Å². The van der Waals surface area contributed by atoms with Crippen molar-refractivity contribution in [2.75, 3.05) is 4.90 Å². The monoisotopic (exact) mass is 712 g/mol. The number of aromatic nitrogens is 1. The molecule has 0 bridgehead atoms. The minimum atomic E-state index is 1.10. The number of para-hydroxylation sites is 2. The molecule has 0 aliphatic heterocycles. The second-order valence-electron chi connectivity index (χ2n) is 14.6. The summed E-state index contributed by atoms with van der Waals surface area (Å²) in [6, 6.07) is 79.5. The van der Waals surface area contributed by atoms with Crippen molar-refractivity contribution in [3.05, 3.63) is 218 Å². The highest BCUT2D eigenvalue weighted by atomic mass is 15.1. The molecule has 1 heterocycles. The number of rotatable bonds is 6. The molecule has 0 radical (unpaired) electrons. The van der Waals surface area contributed by atoms with Crippen molar-refractivity contribution in [1.29, 1.82) is 0 Å². The lowest BCUT2D eigenvalue weighted by molar-refractivity contribution is 1.18. The summed E-state index contributed by atoms with van der Waals surface area (Å²) in [7, 11) is 0. The third-order valence-electron chi connectivity index (χ3n) is 11.4. The van der Waals surface area contributed by atoms with Crippen LogP contribution in [-0.2, 0) is 0 Å². The number of anilines is 3. The van der Waals surface area contributed by atoms with Gasteiger partial charge in [-0.1, -0.05) is 152 Å². The number of nitrogens with zero attached hydrogens (tertiary/aromatic N) is 2. The lowest BCUT2D eigenvalue weighted by Crippen LogP contribution is -2.10. The van der Waals surface area contributed by atoms with Gasteiger partial charge in [-0.3, -0.25) is 0 Å². The van der Waals surface area contributed by atoms with Gasteiger partial charge in [0, 0.05) is 33.5 Å². The van der Waals surface area contributed by atoms with E-state index in [9.17, 15) is 0 Å². The lowest BCUT2D eigenvalue weighted by Gasteiger charge is -2.26. The normalized spacial score (nSPS) is 11.6. The molecule has 0 aliphatic rings. The van der Waals surface area contributed by atoms with Gasteiger partial charge in [0.05, 0.1) is 11.0 Å². The van der Waals surface area contributed by atoms with Crippen molar-refractivity contribution in [3.63, 3.8) is 0 Å². The minimum Gasteiger partial charge on any atom is -0.310 e. The molecular formula is C54H36N2. The Morgan fingerprint density at radius 2 is 0.768 bits per heavy atom. The van der Waals surface area contributed by atoms with E-state index in [1.165, 1.54) is 76.4 Å². The van der Waals surface area contributed by atoms with Gasteiger partial charge in [-0.25, -0.2) is 0 Å². The van der Waals surface area contributed by atoms with Crippen LogP contribution < -0.4 is 4.90 Å². The van der Waals surface area contributed by atoms with Crippen LogP contribution >= 0.6 is 0 Å². The highest BCUT2D eigenvalue weighted by Crippen LogP contribution is 2.41. The fourth-order valence-corrected chi connectivity index (χ4v) is 8.64. The van der Waals surface area contributed by atoms with Gasteiger partial charge in [0.15, 0.2) is 0 Å². The zero-order chi connectivity index (χ0) is 37.0. The summed E-state index contributed by atoms with van der Waals surface area (Å²) in [4.78, 5) is 2.38. The second-order valence-corrected chi connectivity index (χ2v) is 14.6. The van der Waals surface area contributed by atoms with E-state index in [1.807, 2.05) is 0 Å². The van der Waals surface area contributed by atoms with E-state index < -0.39 is 0 Å². The van der Waals surface area contributed by atoms with Crippen LogP contribution in [0.4, 0.5) is 17.1 Å². The Bertz CT molecular complexity index is 3210. The number of hydrogen-bond donors (Lipinski definition) is 0. The zero-order valence-electron chi connectivity index (χ0n) is 30.7. The molecule has 0 spiro atoms. The largest absolute Gasteiger partial charge is 0.310 e. The molecule has 2 heteroatoms. The van der Waals surface area contributed by atoms with Crippen molar-refractivity contribution in [3.8, 4) is 27.9 Å². The first-order valence-corrected chi connectivity index (χ1v) is 19.3. The van der Waals surface area contributed by atoms with Crippen molar-refractivity contribution >= 4 is 71.2 Å². The summed E-state index contributed by atoms with van der Waals surface area (Å²) >= 11 is 0. The topological polar surface area (TPSA) is 8.17 Å². The molecule has 0 saturated heterocycles. The summed E-state index contributed by atoms with van der Waals surface area (Å²) in [5.74, 6) is 0. The van der Waals surface area contributed by atoms with Crippen molar-refractivity contribution in [2.45, 2.75) is 0 Å². The standard InChI is InChI=1S/C54H36N2/c1-3-11-37(12-4-1)38-21-27-44(28-22-38)55(46-31-34-54-52(36-46)50-17-9-10-18-53(50)56(54)43-14-5-2-6-15-43)45-29-23-39(24-30-45)42-20-19-41-26-32-48-47-16-8-7-13-40(47)25-33-49(48)51(41)35-42/h1-36H. The maximum absolute atomic E-state index is 2.38. The van der Waals surface area contributed by atoms with Gasteiger partial charge in [-0.05, 0) is 121 Å². The Kier molecular flexibility index (Phi) is 7.53. The molecule has 0 aliphatic carbocycles. The first kappa shape index (κ1) is 32.0. The highest BCUT2D eigenvalue weighted by molar-refractivity contribution is 6.18. The average molecular weight is 713 g/mol. The molecule has 1 aromatic heterocycles. The summed E-state index contributed by atoms with van der Waals surface area (Å²) in [5.41, 5.74) is 11.7. The van der Waals surface area contributed by atoms with Crippen LogP contribution in [0.1, 0.15) is 0 Å². The molecule has 11 rings (SSSR count). The Labute approximate surface area is 325 Å². The van der Waals surface area contributed by atoms with E-state index in [2.05, 4.69) is 228 Å². The molecule has 0 saturated carbocycles. The molecule has 262 valence electrons. The molecular weight excluding hydrogens is 677 g/mol. The smallest absolute Gasteiger partial charge is 0.0542 e. The van der Waals surface area contributed by atoms with Crippen molar-refractivity contribution in [2.24, 2.45) is 0 Å².